The topological polar surface area (TPSA) is 41.1 Å². The molecule has 3 rings (SSSR count). The predicted molar refractivity (Wildman–Crippen MR) is 97.3 cm³/mol. The van der Waals surface area contributed by atoms with Gasteiger partial charge in [-0.3, -0.25) is 10.00 Å². The first kappa shape index (κ1) is 17.9. The van der Waals surface area contributed by atoms with Gasteiger partial charge in [0.25, 0.3) is 0 Å². The Balaban J connectivity index is 1.68. The van der Waals surface area contributed by atoms with Crippen molar-refractivity contribution >= 4 is 0 Å². The molecule has 0 amide bonds. The van der Waals surface area contributed by atoms with E-state index in [2.05, 4.69) is 28.9 Å². The van der Waals surface area contributed by atoms with Crippen LogP contribution in [0, 0.1) is 11.7 Å². The number of hydrogen-bond donors (Lipinski definition) is 1. The summed E-state index contributed by atoms with van der Waals surface area (Å²) in [4.78, 5) is 2.45. The Morgan fingerprint density at radius 2 is 2.24 bits per heavy atom. The SMILES string of the molecule is COc1cc(CN2CCC[C@H](c3[nH]ncc3CC(C)C)C2)ccc1F. The van der Waals surface area contributed by atoms with E-state index in [1.54, 1.807) is 6.07 Å². The molecule has 1 saturated heterocycles. The lowest BCUT2D eigenvalue weighted by molar-refractivity contribution is 0.197. The van der Waals surface area contributed by atoms with Crippen molar-refractivity contribution in [3.05, 3.63) is 47.0 Å². The minimum Gasteiger partial charge on any atom is -0.494 e. The van der Waals surface area contributed by atoms with E-state index in [1.165, 1.54) is 37.3 Å². The molecule has 0 spiro atoms. The first-order valence-corrected chi connectivity index (χ1v) is 9.13. The van der Waals surface area contributed by atoms with Crippen LogP contribution < -0.4 is 4.74 Å². The highest BCUT2D eigenvalue weighted by atomic mass is 19.1. The van der Waals surface area contributed by atoms with Crippen LogP contribution in [0.2, 0.25) is 0 Å². The molecule has 0 aliphatic carbocycles. The van der Waals surface area contributed by atoms with Gasteiger partial charge < -0.3 is 4.74 Å². The van der Waals surface area contributed by atoms with Crippen molar-refractivity contribution in [3.8, 4) is 5.75 Å². The zero-order valence-electron chi connectivity index (χ0n) is 15.4. The summed E-state index contributed by atoms with van der Waals surface area (Å²) >= 11 is 0. The fraction of sp³-hybridized carbons (Fsp3) is 0.550. The number of halogens is 1. The minimum atomic E-state index is -0.307. The zero-order valence-corrected chi connectivity index (χ0v) is 15.4. The lowest BCUT2D eigenvalue weighted by atomic mass is 9.90. The summed E-state index contributed by atoms with van der Waals surface area (Å²) in [6.07, 6.45) is 5.41. The minimum absolute atomic E-state index is 0.307. The van der Waals surface area contributed by atoms with Gasteiger partial charge in [0.2, 0.25) is 0 Å². The Hall–Kier alpha value is -1.88. The first-order chi connectivity index (χ1) is 12.1. The van der Waals surface area contributed by atoms with Gasteiger partial charge in [0.05, 0.1) is 13.3 Å². The molecule has 2 aromatic rings. The number of likely N-dealkylation sites (tertiary alicyclic amines) is 1. The van der Waals surface area contributed by atoms with Crippen molar-refractivity contribution in [2.45, 2.75) is 45.6 Å². The summed E-state index contributed by atoms with van der Waals surface area (Å²) in [5.74, 6) is 1.13. The zero-order chi connectivity index (χ0) is 17.8. The third-order valence-corrected chi connectivity index (χ3v) is 4.91. The summed E-state index contributed by atoms with van der Waals surface area (Å²) in [7, 11) is 1.51. The number of H-pyrrole nitrogens is 1. The van der Waals surface area contributed by atoms with Gasteiger partial charge in [0.15, 0.2) is 11.6 Å². The molecule has 136 valence electrons. The number of piperidine rings is 1. The van der Waals surface area contributed by atoms with Crippen LogP contribution in [0.25, 0.3) is 0 Å². The van der Waals surface area contributed by atoms with E-state index >= 15 is 0 Å². The second kappa shape index (κ2) is 8.00. The predicted octanol–water partition coefficient (Wildman–Crippen LogP) is 4.14. The fourth-order valence-corrected chi connectivity index (χ4v) is 3.77. The van der Waals surface area contributed by atoms with Crippen molar-refractivity contribution in [1.29, 1.82) is 0 Å². The highest BCUT2D eigenvalue weighted by molar-refractivity contribution is 5.30. The number of aromatic amines is 1. The smallest absolute Gasteiger partial charge is 0.165 e. The molecule has 4 nitrogen and oxygen atoms in total. The van der Waals surface area contributed by atoms with E-state index in [-0.39, 0.29) is 5.82 Å². The third kappa shape index (κ3) is 4.40. The Morgan fingerprint density at radius 1 is 1.40 bits per heavy atom. The van der Waals surface area contributed by atoms with Crippen molar-refractivity contribution in [1.82, 2.24) is 15.1 Å². The molecular weight excluding hydrogens is 317 g/mol. The number of nitrogens with one attached hydrogen (secondary N) is 1. The molecule has 1 aliphatic rings. The molecule has 0 unspecified atom stereocenters. The van der Waals surface area contributed by atoms with Gasteiger partial charge in [-0.15, -0.1) is 0 Å². The summed E-state index contributed by atoms with van der Waals surface area (Å²) < 4.78 is 18.7. The maximum absolute atomic E-state index is 13.6. The van der Waals surface area contributed by atoms with Crippen LogP contribution in [0.4, 0.5) is 4.39 Å². The second-order valence-corrected chi connectivity index (χ2v) is 7.45. The van der Waals surface area contributed by atoms with Gasteiger partial charge in [0.1, 0.15) is 0 Å². The van der Waals surface area contributed by atoms with Gasteiger partial charge in [-0.25, -0.2) is 4.39 Å². The highest BCUT2D eigenvalue weighted by Gasteiger charge is 2.25. The average Bonchev–Trinajstić information content (AvgIpc) is 3.04. The average molecular weight is 345 g/mol. The molecule has 1 aliphatic heterocycles. The number of aromatic nitrogens is 2. The van der Waals surface area contributed by atoms with Crippen LogP contribution in [-0.4, -0.2) is 35.3 Å². The number of nitrogens with zero attached hydrogens (tertiary/aromatic N) is 2. The Bertz CT molecular complexity index is 698. The van der Waals surface area contributed by atoms with Gasteiger partial charge in [0, 0.05) is 24.7 Å². The molecule has 0 saturated carbocycles. The molecule has 2 heterocycles. The van der Waals surface area contributed by atoms with E-state index in [1.807, 2.05) is 12.3 Å². The lowest BCUT2D eigenvalue weighted by Gasteiger charge is -2.33. The van der Waals surface area contributed by atoms with Gasteiger partial charge >= 0.3 is 0 Å². The highest BCUT2D eigenvalue weighted by Crippen LogP contribution is 2.30. The molecule has 0 bridgehead atoms. The summed E-state index contributed by atoms with van der Waals surface area (Å²) in [6.45, 7) is 7.38. The van der Waals surface area contributed by atoms with Crippen LogP contribution >= 0.6 is 0 Å². The normalized spacial score (nSPS) is 18.7. The van der Waals surface area contributed by atoms with Crippen molar-refractivity contribution in [2.75, 3.05) is 20.2 Å². The quantitative estimate of drug-likeness (QED) is 0.856. The van der Waals surface area contributed by atoms with Crippen LogP contribution in [0.3, 0.4) is 0 Å². The monoisotopic (exact) mass is 345 g/mol. The second-order valence-electron chi connectivity index (χ2n) is 7.45. The number of methoxy groups -OCH3 is 1. The number of rotatable bonds is 6. The molecule has 1 N–H and O–H groups in total. The van der Waals surface area contributed by atoms with E-state index in [0.29, 0.717) is 17.6 Å². The molecule has 0 radical (unpaired) electrons. The number of benzene rings is 1. The summed E-state index contributed by atoms with van der Waals surface area (Å²) in [5, 5.41) is 7.53. The Morgan fingerprint density at radius 3 is 3.00 bits per heavy atom. The largest absolute Gasteiger partial charge is 0.494 e. The van der Waals surface area contributed by atoms with Gasteiger partial charge in [-0.1, -0.05) is 19.9 Å². The van der Waals surface area contributed by atoms with E-state index in [9.17, 15) is 4.39 Å². The fourth-order valence-electron chi connectivity index (χ4n) is 3.77. The lowest BCUT2D eigenvalue weighted by Crippen LogP contribution is -2.34. The number of hydrogen-bond acceptors (Lipinski definition) is 3. The molecule has 1 aromatic heterocycles. The summed E-state index contributed by atoms with van der Waals surface area (Å²) in [6, 6.07) is 5.15. The Labute approximate surface area is 149 Å². The molecule has 5 heteroatoms. The maximum atomic E-state index is 13.6. The van der Waals surface area contributed by atoms with Crippen molar-refractivity contribution < 1.29 is 9.13 Å². The van der Waals surface area contributed by atoms with Crippen LogP contribution in [0.1, 0.15) is 49.4 Å². The molecule has 1 fully saturated rings. The molecule has 25 heavy (non-hydrogen) atoms. The maximum Gasteiger partial charge on any atom is 0.165 e. The first-order valence-electron chi connectivity index (χ1n) is 9.13. The van der Waals surface area contributed by atoms with Crippen molar-refractivity contribution in [2.24, 2.45) is 5.92 Å². The van der Waals surface area contributed by atoms with Crippen LogP contribution in [0.15, 0.2) is 24.4 Å². The number of ether oxygens (including phenoxy) is 1. The third-order valence-electron chi connectivity index (χ3n) is 4.91. The van der Waals surface area contributed by atoms with Crippen molar-refractivity contribution in [3.63, 3.8) is 0 Å². The summed E-state index contributed by atoms with van der Waals surface area (Å²) in [5.41, 5.74) is 3.74. The van der Waals surface area contributed by atoms with Gasteiger partial charge in [-0.2, -0.15) is 5.10 Å². The van der Waals surface area contributed by atoms with Gasteiger partial charge in [-0.05, 0) is 55.0 Å². The van der Waals surface area contributed by atoms with Crippen LogP contribution in [0.5, 0.6) is 5.75 Å². The Kier molecular flexibility index (Phi) is 5.74. The standard InChI is InChI=1S/C20H28FN3O/c1-14(2)9-17-11-22-23-20(17)16-5-4-8-24(13-16)12-15-6-7-18(21)19(10-15)25-3/h6-7,10-11,14,16H,4-5,8-9,12-13H2,1-3H3,(H,22,23)/t16-/m0/s1. The molecule has 1 aromatic carbocycles. The molecular formula is C20H28FN3O. The van der Waals surface area contributed by atoms with E-state index in [4.69, 9.17) is 4.74 Å². The van der Waals surface area contributed by atoms with E-state index < -0.39 is 0 Å². The molecule has 1 atom stereocenters. The van der Waals surface area contributed by atoms with E-state index in [0.717, 1.165) is 31.6 Å². The van der Waals surface area contributed by atoms with Crippen LogP contribution in [-0.2, 0) is 13.0 Å².